The van der Waals surface area contributed by atoms with Crippen LogP contribution in [-0.4, -0.2) is 5.25 Å². The van der Waals surface area contributed by atoms with Crippen LogP contribution in [0.25, 0.3) is 0 Å². The summed E-state index contributed by atoms with van der Waals surface area (Å²) in [7, 11) is 0. The standard InChI is InChI=1S/C13H21NS/c1-9(2)11(4)15-13-7-10(3)5-6-12(13)8-14/h5-7,9,11H,8,14H2,1-4H3. The van der Waals surface area contributed by atoms with E-state index >= 15 is 0 Å². The molecule has 1 aromatic rings. The number of thioether (sulfide) groups is 1. The first-order valence-corrected chi connectivity index (χ1v) is 6.38. The molecule has 1 unspecified atom stereocenters. The summed E-state index contributed by atoms with van der Waals surface area (Å²) >= 11 is 1.94. The van der Waals surface area contributed by atoms with Crippen LogP contribution in [0.3, 0.4) is 0 Å². The van der Waals surface area contributed by atoms with Gasteiger partial charge in [-0.05, 0) is 30.0 Å². The van der Waals surface area contributed by atoms with Gasteiger partial charge in [0.2, 0.25) is 0 Å². The van der Waals surface area contributed by atoms with Gasteiger partial charge >= 0.3 is 0 Å². The predicted octanol–water partition coefficient (Wildman–Crippen LogP) is 3.59. The maximum Gasteiger partial charge on any atom is 0.0189 e. The average molecular weight is 223 g/mol. The number of aryl methyl sites for hydroxylation is 1. The van der Waals surface area contributed by atoms with E-state index < -0.39 is 0 Å². The maximum atomic E-state index is 5.74. The van der Waals surface area contributed by atoms with Gasteiger partial charge in [-0.25, -0.2) is 0 Å². The van der Waals surface area contributed by atoms with E-state index in [1.54, 1.807) is 0 Å². The second-order valence-electron chi connectivity index (χ2n) is 4.38. The molecule has 0 radical (unpaired) electrons. The minimum atomic E-state index is 0.632. The van der Waals surface area contributed by atoms with Crippen molar-refractivity contribution >= 4 is 11.8 Å². The Hall–Kier alpha value is -0.470. The molecule has 0 amide bonds. The minimum Gasteiger partial charge on any atom is -0.326 e. The Labute approximate surface area is 97.4 Å². The first-order valence-electron chi connectivity index (χ1n) is 5.51. The summed E-state index contributed by atoms with van der Waals surface area (Å²) in [6, 6.07) is 6.52. The Morgan fingerprint density at radius 3 is 2.47 bits per heavy atom. The van der Waals surface area contributed by atoms with Crippen molar-refractivity contribution in [1.82, 2.24) is 0 Å². The van der Waals surface area contributed by atoms with Gasteiger partial charge in [0.15, 0.2) is 0 Å². The van der Waals surface area contributed by atoms with Gasteiger partial charge in [-0.2, -0.15) is 0 Å². The molecule has 2 N–H and O–H groups in total. The van der Waals surface area contributed by atoms with E-state index in [2.05, 4.69) is 45.9 Å². The fourth-order valence-corrected chi connectivity index (χ4v) is 2.51. The summed E-state index contributed by atoms with van der Waals surface area (Å²) in [4.78, 5) is 1.35. The highest BCUT2D eigenvalue weighted by molar-refractivity contribution is 8.00. The molecule has 0 aromatic heterocycles. The SMILES string of the molecule is Cc1ccc(CN)c(SC(C)C(C)C)c1. The van der Waals surface area contributed by atoms with Gasteiger partial charge in [0.05, 0.1) is 0 Å². The van der Waals surface area contributed by atoms with Crippen LogP contribution in [0, 0.1) is 12.8 Å². The number of benzene rings is 1. The van der Waals surface area contributed by atoms with Gasteiger partial charge < -0.3 is 5.73 Å². The van der Waals surface area contributed by atoms with Crippen LogP contribution in [0.5, 0.6) is 0 Å². The van der Waals surface area contributed by atoms with Crippen molar-refractivity contribution in [3.8, 4) is 0 Å². The maximum absolute atomic E-state index is 5.74. The Kier molecular flexibility index (Phi) is 4.68. The van der Waals surface area contributed by atoms with Gasteiger partial charge in [0.1, 0.15) is 0 Å². The van der Waals surface area contributed by atoms with E-state index in [0.29, 0.717) is 17.7 Å². The van der Waals surface area contributed by atoms with E-state index in [0.717, 1.165) is 0 Å². The van der Waals surface area contributed by atoms with E-state index in [9.17, 15) is 0 Å². The molecular formula is C13H21NS. The van der Waals surface area contributed by atoms with E-state index in [1.165, 1.54) is 16.0 Å². The third-order valence-electron chi connectivity index (χ3n) is 2.69. The zero-order valence-corrected chi connectivity index (χ0v) is 10.9. The van der Waals surface area contributed by atoms with Crippen LogP contribution in [0.2, 0.25) is 0 Å². The molecule has 0 fully saturated rings. The first-order chi connectivity index (χ1) is 7.04. The Balaban J connectivity index is 2.87. The molecule has 0 spiro atoms. The highest BCUT2D eigenvalue weighted by Gasteiger charge is 2.11. The molecule has 0 saturated heterocycles. The molecule has 0 aliphatic rings. The van der Waals surface area contributed by atoms with Gasteiger partial charge in [-0.15, -0.1) is 11.8 Å². The molecule has 2 heteroatoms. The Morgan fingerprint density at radius 2 is 1.93 bits per heavy atom. The van der Waals surface area contributed by atoms with Crippen molar-refractivity contribution in [1.29, 1.82) is 0 Å². The van der Waals surface area contributed by atoms with Gasteiger partial charge in [0, 0.05) is 16.7 Å². The molecule has 1 atom stereocenters. The second kappa shape index (κ2) is 5.57. The van der Waals surface area contributed by atoms with Crippen LogP contribution in [0.4, 0.5) is 0 Å². The van der Waals surface area contributed by atoms with Crippen molar-refractivity contribution < 1.29 is 0 Å². The van der Waals surface area contributed by atoms with Gasteiger partial charge in [-0.1, -0.05) is 32.9 Å². The number of nitrogens with two attached hydrogens (primary N) is 1. The molecule has 1 aromatic carbocycles. The molecule has 1 rings (SSSR count). The number of rotatable bonds is 4. The van der Waals surface area contributed by atoms with Crippen molar-refractivity contribution in [3.63, 3.8) is 0 Å². The smallest absolute Gasteiger partial charge is 0.0189 e. The molecule has 0 bridgehead atoms. The summed E-state index contributed by atoms with van der Waals surface area (Å²) in [5.74, 6) is 0.695. The zero-order chi connectivity index (χ0) is 11.4. The fraction of sp³-hybridized carbons (Fsp3) is 0.538. The highest BCUT2D eigenvalue weighted by atomic mass is 32.2. The molecule has 84 valence electrons. The monoisotopic (exact) mass is 223 g/mol. The Morgan fingerprint density at radius 1 is 1.27 bits per heavy atom. The third kappa shape index (κ3) is 3.54. The molecule has 0 saturated carbocycles. The van der Waals surface area contributed by atoms with E-state index in [4.69, 9.17) is 5.73 Å². The van der Waals surface area contributed by atoms with Crippen LogP contribution in [0.1, 0.15) is 31.9 Å². The minimum absolute atomic E-state index is 0.632. The largest absolute Gasteiger partial charge is 0.326 e. The van der Waals surface area contributed by atoms with Crippen molar-refractivity contribution in [2.45, 2.75) is 44.4 Å². The highest BCUT2D eigenvalue weighted by Crippen LogP contribution is 2.31. The lowest BCUT2D eigenvalue weighted by Crippen LogP contribution is -2.07. The summed E-state index contributed by atoms with van der Waals surface area (Å²) in [5.41, 5.74) is 8.31. The molecule has 1 nitrogen and oxygen atoms in total. The number of hydrogen-bond acceptors (Lipinski definition) is 2. The molecule has 0 heterocycles. The lowest BCUT2D eigenvalue weighted by molar-refractivity contribution is 0.642. The van der Waals surface area contributed by atoms with Crippen molar-refractivity contribution in [2.24, 2.45) is 11.7 Å². The molecular weight excluding hydrogens is 202 g/mol. The van der Waals surface area contributed by atoms with Crippen LogP contribution >= 0.6 is 11.8 Å². The van der Waals surface area contributed by atoms with Gasteiger partial charge in [0.25, 0.3) is 0 Å². The second-order valence-corrected chi connectivity index (χ2v) is 5.80. The summed E-state index contributed by atoms with van der Waals surface area (Å²) in [6.07, 6.45) is 0. The van der Waals surface area contributed by atoms with E-state index in [1.807, 2.05) is 11.8 Å². The fourth-order valence-electron chi connectivity index (χ4n) is 1.28. The van der Waals surface area contributed by atoms with Crippen LogP contribution in [0.15, 0.2) is 23.1 Å². The lowest BCUT2D eigenvalue weighted by atomic mass is 10.1. The van der Waals surface area contributed by atoms with E-state index in [-0.39, 0.29) is 0 Å². The van der Waals surface area contributed by atoms with Crippen molar-refractivity contribution in [2.75, 3.05) is 0 Å². The first kappa shape index (κ1) is 12.6. The zero-order valence-electron chi connectivity index (χ0n) is 10.1. The molecule has 15 heavy (non-hydrogen) atoms. The Bertz CT molecular complexity index is 320. The average Bonchev–Trinajstić information content (AvgIpc) is 2.18. The van der Waals surface area contributed by atoms with Crippen molar-refractivity contribution in [3.05, 3.63) is 29.3 Å². The van der Waals surface area contributed by atoms with Crippen LogP contribution in [-0.2, 0) is 6.54 Å². The summed E-state index contributed by atoms with van der Waals surface area (Å²) in [5, 5.41) is 0.636. The third-order valence-corrected chi connectivity index (χ3v) is 4.24. The lowest BCUT2D eigenvalue weighted by Gasteiger charge is -2.17. The van der Waals surface area contributed by atoms with Crippen LogP contribution < -0.4 is 5.73 Å². The molecule has 0 aliphatic carbocycles. The molecule has 0 aliphatic heterocycles. The quantitative estimate of drug-likeness (QED) is 0.789. The predicted molar refractivity (Wildman–Crippen MR) is 69.2 cm³/mol. The topological polar surface area (TPSA) is 26.0 Å². The van der Waals surface area contributed by atoms with Gasteiger partial charge in [-0.3, -0.25) is 0 Å². The summed E-state index contributed by atoms with van der Waals surface area (Å²) in [6.45, 7) is 9.56. The summed E-state index contributed by atoms with van der Waals surface area (Å²) < 4.78 is 0. The normalized spacial score (nSPS) is 13.2. The number of hydrogen-bond donors (Lipinski definition) is 1.